The number of rotatable bonds is 8. The highest BCUT2D eigenvalue weighted by Crippen LogP contribution is 2.24. The molecule has 0 saturated carbocycles. The average molecular weight is 378 g/mol. The van der Waals surface area contributed by atoms with Crippen LogP contribution in [-0.2, 0) is 17.8 Å². The number of para-hydroxylation sites is 1. The molecule has 0 spiro atoms. The molecule has 144 valence electrons. The van der Waals surface area contributed by atoms with Gasteiger partial charge in [0.05, 0.1) is 24.8 Å². The zero-order valence-corrected chi connectivity index (χ0v) is 15.3. The number of aliphatic hydroxyl groups excluding tert-OH is 1. The van der Waals surface area contributed by atoms with Crippen molar-refractivity contribution < 1.29 is 19.7 Å². The van der Waals surface area contributed by atoms with Crippen LogP contribution in [-0.4, -0.2) is 27.8 Å². The number of carboxylic acid groups (broad SMARTS) is 1. The molecule has 28 heavy (non-hydrogen) atoms. The van der Waals surface area contributed by atoms with Crippen molar-refractivity contribution in [3.05, 3.63) is 83.7 Å². The average Bonchev–Trinajstić information content (AvgIpc) is 2.72. The highest BCUT2D eigenvalue weighted by atomic mass is 16.5. The van der Waals surface area contributed by atoms with Crippen LogP contribution in [0.5, 0.6) is 5.75 Å². The van der Waals surface area contributed by atoms with E-state index in [1.165, 1.54) is 0 Å². The molecule has 2 aromatic carbocycles. The third kappa shape index (κ3) is 4.94. The van der Waals surface area contributed by atoms with E-state index in [1.807, 2.05) is 36.4 Å². The van der Waals surface area contributed by atoms with Gasteiger partial charge in [0.25, 0.3) is 0 Å². The van der Waals surface area contributed by atoms with Gasteiger partial charge in [0.15, 0.2) is 0 Å². The molecule has 0 amide bonds. The predicted octanol–water partition coefficient (Wildman–Crippen LogP) is 2.95. The lowest BCUT2D eigenvalue weighted by atomic mass is 10.0. The van der Waals surface area contributed by atoms with Crippen molar-refractivity contribution in [1.82, 2.24) is 4.98 Å². The number of aliphatic carboxylic acids is 1. The quantitative estimate of drug-likeness (QED) is 0.556. The fourth-order valence-corrected chi connectivity index (χ4v) is 2.90. The Morgan fingerprint density at radius 1 is 1.07 bits per heavy atom. The summed E-state index contributed by atoms with van der Waals surface area (Å²) in [5, 5.41) is 18.3. The number of nitrogens with zero attached hydrogens (tertiary/aromatic N) is 1. The molecule has 3 rings (SSSR count). The van der Waals surface area contributed by atoms with E-state index in [9.17, 15) is 9.90 Å². The van der Waals surface area contributed by atoms with Gasteiger partial charge in [-0.1, -0.05) is 36.4 Å². The molecule has 0 radical (unpaired) electrons. The maximum atomic E-state index is 11.0. The lowest BCUT2D eigenvalue weighted by Gasteiger charge is -2.12. The first-order valence-electron chi connectivity index (χ1n) is 8.91. The Labute approximate surface area is 163 Å². The monoisotopic (exact) mass is 378 g/mol. The standard InChI is InChI=1S/C22H22N2O4/c23-20(13-25)17-6-3-5-15(10-17)16-8-9-24-19(11-16)14-28-21-7-2-1-4-18(21)12-22(26)27/h1-11,20,25H,12-14,23H2,(H,26,27)/t20-/m1/s1. The normalized spacial score (nSPS) is 11.8. The third-order valence-electron chi connectivity index (χ3n) is 4.35. The van der Waals surface area contributed by atoms with E-state index in [0.717, 1.165) is 22.4 Å². The van der Waals surface area contributed by atoms with Gasteiger partial charge in [0.2, 0.25) is 0 Å². The molecule has 1 aromatic heterocycles. The summed E-state index contributed by atoms with van der Waals surface area (Å²) >= 11 is 0. The topological polar surface area (TPSA) is 106 Å². The molecule has 0 aliphatic carbocycles. The van der Waals surface area contributed by atoms with Crippen molar-refractivity contribution in [3.8, 4) is 16.9 Å². The van der Waals surface area contributed by atoms with Gasteiger partial charge in [0, 0.05) is 11.8 Å². The molecule has 0 aliphatic heterocycles. The van der Waals surface area contributed by atoms with E-state index in [0.29, 0.717) is 11.3 Å². The van der Waals surface area contributed by atoms with Gasteiger partial charge in [-0.05, 0) is 41.0 Å². The van der Waals surface area contributed by atoms with Gasteiger partial charge in [0.1, 0.15) is 12.4 Å². The number of hydrogen-bond acceptors (Lipinski definition) is 5. The van der Waals surface area contributed by atoms with Crippen molar-refractivity contribution in [3.63, 3.8) is 0 Å². The summed E-state index contributed by atoms with van der Waals surface area (Å²) in [6.07, 6.45) is 1.61. The third-order valence-corrected chi connectivity index (χ3v) is 4.35. The molecule has 1 atom stereocenters. The highest BCUT2D eigenvalue weighted by Gasteiger charge is 2.09. The molecule has 0 saturated heterocycles. The maximum Gasteiger partial charge on any atom is 0.307 e. The lowest BCUT2D eigenvalue weighted by Crippen LogP contribution is -2.14. The summed E-state index contributed by atoms with van der Waals surface area (Å²) in [6, 6.07) is 18.2. The number of carboxylic acids is 1. The fourth-order valence-electron chi connectivity index (χ4n) is 2.90. The molecular formula is C22H22N2O4. The van der Waals surface area contributed by atoms with Crippen LogP contribution in [0.3, 0.4) is 0 Å². The summed E-state index contributed by atoms with van der Waals surface area (Å²) in [7, 11) is 0. The predicted molar refractivity (Wildman–Crippen MR) is 106 cm³/mol. The number of ether oxygens (including phenoxy) is 1. The molecule has 1 heterocycles. The minimum atomic E-state index is -0.905. The van der Waals surface area contributed by atoms with Crippen molar-refractivity contribution in [2.24, 2.45) is 5.73 Å². The van der Waals surface area contributed by atoms with E-state index < -0.39 is 12.0 Å². The first kappa shape index (κ1) is 19.5. The van der Waals surface area contributed by atoms with Crippen molar-refractivity contribution >= 4 is 5.97 Å². The second kappa shape index (κ2) is 9.12. The Balaban J connectivity index is 1.77. The van der Waals surface area contributed by atoms with Crippen LogP contribution < -0.4 is 10.5 Å². The van der Waals surface area contributed by atoms with Crippen LogP contribution in [0.25, 0.3) is 11.1 Å². The maximum absolute atomic E-state index is 11.0. The first-order chi connectivity index (χ1) is 13.6. The van der Waals surface area contributed by atoms with E-state index in [4.69, 9.17) is 15.6 Å². The second-order valence-corrected chi connectivity index (χ2v) is 6.42. The zero-order valence-electron chi connectivity index (χ0n) is 15.3. The number of hydrogen-bond donors (Lipinski definition) is 3. The van der Waals surface area contributed by atoms with Crippen LogP contribution in [0.1, 0.15) is 22.9 Å². The highest BCUT2D eigenvalue weighted by molar-refractivity contribution is 5.71. The fraction of sp³-hybridized carbons (Fsp3) is 0.182. The molecule has 0 aliphatic rings. The summed E-state index contributed by atoms with van der Waals surface area (Å²) in [5.74, 6) is -0.370. The lowest BCUT2D eigenvalue weighted by molar-refractivity contribution is -0.136. The molecule has 0 fully saturated rings. The van der Waals surface area contributed by atoms with Crippen LogP contribution >= 0.6 is 0 Å². The van der Waals surface area contributed by atoms with Crippen molar-refractivity contribution in [2.45, 2.75) is 19.1 Å². The van der Waals surface area contributed by atoms with E-state index in [2.05, 4.69) is 4.98 Å². The molecule has 3 aromatic rings. The van der Waals surface area contributed by atoms with Crippen LogP contribution in [0.15, 0.2) is 66.9 Å². The van der Waals surface area contributed by atoms with Crippen LogP contribution in [0, 0.1) is 0 Å². The number of carbonyl (C=O) groups is 1. The number of aromatic nitrogens is 1. The SMILES string of the molecule is N[C@H](CO)c1cccc(-c2ccnc(COc3ccccc3CC(=O)O)c2)c1. The van der Waals surface area contributed by atoms with Gasteiger partial charge in [-0.3, -0.25) is 9.78 Å². The van der Waals surface area contributed by atoms with Crippen molar-refractivity contribution in [2.75, 3.05) is 6.61 Å². The summed E-state index contributed by atoms with van der Waals surface area (Å²) in [4.78, 5) is 15.3. The van der Waals surface area contributed by atoms with E-state index in [1.54, 1.807) is 30.5 Å². The Kier molecular flexibility index (Phi) is 6.37. The molecule has 4 N–H and O–H groups in total. The van der Waals surface area contributed by atoms with E-state index in [-0.39, 0.29) is 19.6 Å². The Morgan fingerprint density at radius 2 is 1.86 bits per heavy atom. The molecule has 0 unspecified atom stereocenters. The summed E-state index contributed by atoms with van der Waals surface area (Å²) in [6.45, 7) is 0.106. The van der Waals surface area contributed by atoms with E-state index >= 15 is 0 Å². The smallest absolute Gasteiger partial charge is 0.307 e. The Bertz CT molecular complexity index is 959. The first-order valence-corrected chi connectivity index (χ1v) is 8.91. The van der Waals surface area contributed by atoms with Gasteiger partial charge >= 0.3 is 5.97 Å². The number of aliphatic hydroxyl groups is 1. The minimum absolute atomic E-state index is 0.0957. The van der Waals surface area contributed by atoms with Gasteiger partial charge in [-0.15, -0.1) is 0 Å². The molecule has 6 heteroatoms. The second-order valence-electron chi connectivity index (χ2n) is 6.42. The molecular weight excluding hydrogens is 356 g/mol. The van der Waals surface area contributed by atoms with Crippen LogP contribution in [0.4, 0.5) is 0 Å². The number of benzene rings is 2. The molecule has 6 nitrogen and oxygen atoms in total. The molecule has 0 bridgehead atoms. The van der Waals surface area contributed by atoms with Gasteiger partial charge < -0.3 is 20.7 Å². The Morgan fingerprint density at radius 3 is 2.64 bits per heavy atom. The van der Waals surface area contributed by atoms with Crippen molar-refractivity contribution in [1.29, 1.82) is 0 Å². The Hall–Kier alpha value is -3.22. The van der Waals surface area contributed by atoms with Gasteiger partial charge in [-0.25, -0.2) is 0 Å². The largest absolute Gasteiger partial charge is 0.487 e. The summed E-state index contributed by atoms with van der Waals surface area (Å²) < 4.78 is 5.82. The minimum Gasteiger partial charge on any atom is -0.487 e. The number of pyridine rings is 1. The van der Waals surface area contributed by atoms with Crippen LogP contribution in [0.2, 0.25) is 0 Å². The van der Waals surface area contributed by atoms with Gasteiger partial charge in [-0.2, -0.15) is 0 Å². The number of nitrogens with two attached hydrogens (primary N) is 1. The zero-order chi connectivity index (χ0) is 19.9. The summed E-state index contributed by atoms with van der Waals surface area (Å²) in [5.41, 5.74) is 10.0.